The van der Waals surface area contributed by atoms with Crippen molar-refractivity contribution in [2.45, 2.75) is 17.7 Å². The van der Waals surface area contributed by atoms with Gasteiger partial charge in [0.25, 0.3) is 5.69 Å². The average molecular weight is 460 g/mol. The fourth-order valence-corrected chi connectivity index (χ4v) is 4.11. The summed E-state index contributed by atoms with van der Waals surface area (Å²) in [4.78, 5) is 38.7. The lowest BCUT2D eigenvalue weighted by Crippen LogP contribution is -2.34. The molecule has 32 heavy (non-hydrogen) atoms. The van der Waals surface area contributed by atoms with E-state index < -0.39 is 10.8 Å². The van der Waals surface area contributed by atoms with Crippen molar-refractivity contribution < 1.29 is 24.0 Å². The van der Waals surface area contributed by atoms with E-state index in [0.717, 1.165) is 10.6 Å². The molecule has 2 aromatic carbocycles. The van der Waals surface area contributed by atoms with Gasteiger partial charge >= 0.3 is 0 Å². The van der Waals surface area contributed by atoms with Gasteiger partial charge < -0.3 is 19.7 Å². The molecule has 1 aliphatic rings. The number of carbonyl (C=O) groups is 2. The fraction of sp³-hybridized carbons (Fsp3) is 0.364. The summed E-state index contributed by atoms with van der Waals surface area (Å²) in [5.74, 6) is -0.171. The predicted molar refractivity (Wildman–Crippen MR) is 122 cm³/mol. The number of nitrogens with zero attached hydrogens (tertiary/aromatic N) is 2. The SMILES string of the molecule is COc1cc(CCNC(=O)C2CC(=O)N(c3cccc(SC)c3)C2)c([N+](=O)[O-])cc1OC. The molecule has 10 heteroatoms. The average Bonchev–Trinajstić information content (AvgIpc) is 3.20. The minimum absolute atomic E-state index is 0.0982. The number of hydrogen-bond donors (Lipinski definition) is 1. The van der Waals surface area contributed by atoms with Crippen LogP contribution in [0.5, 0.6) is 11.5 Å². The van der Waals surface area contributed by atoms with Gasteiger partial charge in [-0.1, -0.05) is 6.07 Å². The van der Waals surface area contributed by atoms with Crippen molar-refractivity contribution >= 4 is 35.0 Å². The molecule has 1 N–H and O–H groups in total. The van der Waals surface area contributed by atoms with E-state index in [1.54, 1.807) is 22.7 Å². The van der Waals surface area contributed by atoms with Gasteiger partial charge in [0.2, 0.25) is 11.8 Å². The zero-order valence-corrected chi connectivity index (χ0v) is 18.9. The molecule has 1 heterocycles. The number of nitrogens with one attached hydrogen (secondary N) is 1. The third kappa shape index (κ3) is 5.13. The van der Waals surface area contributed by atoms with Crippen LogP contribution in [0.2, 0.25) is 0 Å². The predicted octanol–water partition coefficient (Wildman–Crippen LogP) is 3.05. The van der Waals surface area contributed by atoms with Crippen molar-refractivity contribution in [3.63, 3.8) is 0 Å². The number of amides is 2. The van der Waals surface area contributed by atoms with Crippen LogP contribution in [0.15, 0.2) is 41.3 Å². The number of benzene rings is 2. The lowest BCUT2D eigenvalue weighted by molar-refractivity contribution is -0.385. The number of rotatable bonds is 9. The van der Waals surface area contributed by atoms with Gasteiger partial charge in [-0.05, 0) is 36.9 Å². The van der Waals surface area contributed by atoms with Gasteiger partial charge in [0.1, 0.15) is 0 Å². The second-order valence-electron chi connectivity index (χ2n) is 7.24. The summed E-state index contributed by atoms with van der Waals surface area (Å²) < 4.78 is 10.3. The fourth-order valence-electron chi connectivity index (χ4n) is 3.66. The van der Waals surface area contributed by atoms with Crippen LogP contribution in [0, 0.1) is 16.0 Å². The number of hydrogen-bond acceptors (Lipinski definition) is 7. The maximum Gasteiger partial charge on any atom is 0.276 e. The first-order chi connectivity index (χ1) is 15.4. The van der Waals surface area contributed by atoms with Crippen molar-refractivity contribution in [1.29, 1.82) is 0 Å². The van der Waals surface area contributed by atoms with E-state index >= 15 is 0 Å². The first kappa shape index (κ1) is 23.4. The van der Waals surface area contributed by atoms with Crippen LogP contribution in [0.3, 0.4) is 0 Å². The molecule has 2 amide bonds. The van der Waals surface area contributed by atoms with Crippen molar-refractivity contribution in [1.82, 2.24) is 5.32 Å². The van der Waals surface area contributed by atoms with Crippen molar-refractivity contribution in [3.05, 3.63) is 52.1 Å². The molecule has 1 atom stereocenters. The Labute approximate surface area is 190 Å². The first-order valence-corrected chi connectivity index (χ1v) is 11.2. The van der Waals surface area contributed by atoms with Crippen molar-refractivity contribution in [2.24, 2.45) is 5.92 Å². The van der Waals surface area contributed by atoms with Gasteiger partial charge in [-0.25, -0.2) is 0 Å². The van der Waals surface area contributed by atoms with E-state index in [-0.39, 0.29) is 42.6 Å². The van der Waals surface area contributed by atoms with Crippen LogP contribution >= 0.6 is 11.8 Å². The summed E-state index contributed by atoms with van der Waals surface area (Å²) in [6, 6.07) is 10.5. The highest BCUT2D eigenvalue weighted by Gasteiger charge is 2.35. The summed E-state index contributed by atoms with van der Waals surface area (Å²) in [5, 5.41) is 14.2. The quantitative estimate of drug-likeness (QED) is 0.349. The molecule has 9 nitrogen and oxygen atoms in total. The molecule has 1 fully saturated rings. The third-order valence-corrected chi connectivity index (χ3v) is 6.06. The van der Waals surface area contributed by atoms with Gasteiger partial charge in [0.05, 0.1) is 31.1 Å². The lowest BCUT2D eigenvalue weighted by atomic mass is 10.1. The Bertz CT molecular complexity index is 1030. The number of carbonyl (C=O) groups excluding carboxylic acids is 2. The molecule has 1 aliphatic heterocycles. The minimum atomic E-state index is -0.491. The Morgan fingerprint density at radius 2 is 1.97 bits per heavy atom. The first-order valence-electron chi connectivity index (χ1n) is 9.99. The second kappa shape index (κ2) is 10.4. The lowest BCUT2D eigenvalue weighted by Gasteiger charge is -2.17. The number of thioether (sulfide) groups is 1. The normalized spacial score (nSPS) is 15.5. The second-order valence-corrected chi connectivity index (χ2v) is 8.12. The van der Waals surface area contributed by atoms with Crippen molar-refractivity contribution in [3.8, 4) is 11.5 Å². The Balaban J connectivity index is 1.63. The van der Waals surface area contributed by atoms with Crippen LogP contribution in [0.1, 0.15) is 12.0 Å². The smallest absolute Gasteiger partial charge is 0.276 e. The Hall–Kier alpha value is -3.27. The van der Waals surface area contributed by atoms with Crippen LogP contribution < -0.4 is 19.7 Å². The molecule has 0 aromatic heterocycles. The van der Waals surface area contributed by atoms with Crippen LogP contribution in [0.4, 0.5) is 11.4 Å². The Morgan fingerprint density at radius 3 is 2.62 bits per heavy atom. The van der Waals surface area contributed by atoms with E-state index in [4.69, 9.17) is 9.47 Å². The molecular weight excluding hydrogens is 434 g/mol. The molecule has 0 spiro atoms. The summed E-state index contributed by atoms with van der Waals surface area (Å²) in [6.45, 7) is 0.501. The van der Waals surface area contributed by atoms with Gasteiger partial charge in [-0.2, -0.15) is 0 Å². The molecule has 0 saturated carbocycles. The van der Waals surface area contributed by atoms with Gasteiger partial charge in [0, 0.05) is 35.7 Å². The van der Waals surface area contributed by atoms with Gasteiger partial charge in [-0.3, -0.25) is 19.7 Å². The maximum absolute atomic E-state index is 12.7. The molecule has 3 rings (SSSR count). The number of nitro groups is 1. The van der Waals surface area contributed by atoms with E-state index in [1.807, 2.05) is 30.5 Å². The standard InChI is InChI=1S/C22H25N3O6S/c1-30-19-9-14(18(25(28)29)12-20(19)31-2)7-8-23-22(27)15-10-21(26)24(13-15)16-5-4-6-17(11-16)32-3/h4-6,9,11-12,15H,7-8,10,13H2,1-3H3,(H,23,27). The van der Waals surface area contributed by atoms with Crippen LogP contribution in [-0.4, -0.2) is 50.3 Å². The largest absolute Gasteiger partial charge is 0.493 e. The summed E-state index contributed by atoms with van der Waals surface area (Å²) >= 11 is 1.59. The van der Waals surface area contributed by atoms with Gasteiger partial charge in [0.15, 0.2) is 11.5 Å². The zero-order valence-electron chi connectivity index (χ0n) is 18.1. The Morgan fingerprint density at radius 1 is 1.25 bits per heavy atom. The molecule has 170 valence electrons. The highest BCUT2D eigenvalue weighted by Crippen LogP contribution is 2.34. The highest BCUT2D eigenvalue weighted by atomic mass is 32.2. The molecule has 2 aromatic rings. The summed E-state index contributed by atoms with van der Waals surface area (Å²) in [6.07, 6.45) is 2.33. The molecule has 0 radical (unpaired) electrons. The number of anilines is 1. The van der Waals surface area contributed by atoms with E-state index in [2.05, 4.69) is 5.32 Å². The summed E-state index contributed by atoms with van der Waals surface area (Å²) in [5.41, 5.74) is 1.09. The minimum Gasteiger partial charge on any atom is -0.493 e. The third-order valence-electron chi connectivity index (χ3n) is 5.34. The maximum atomic E-state index is 12.7. The monoisotopic (exact) mass is 459 g/mol. The zero-order chi connectivity index (χ0) is 23.3. The molecular formula is C22H25N3O6S. The molecule has 0 aliphatic carbocycles. The number of methoxy groups -OCH3 is 2. The van der Waals surface area contributed by atoms with Crippen molar-refractivity contribution in [2.75, 3.05) is 38.5 Å². The van der Waals surface area contributed by atoms with Crippen LogP contribution in [0.25, 0.3) is 0 Å². The van der Waals surface area contributed by atoms with E-state index in [0.29, 0.717) is 17.9 Å². The summed E-state index contributed by atoms with van der Waals surface area (Å²) in [7, 11) is 2.86. The molecule has 1 unspecified atom stereocenters. The molecule has 0 bridgehead atoms. The van der Waals surface area contributed by atoms with E-state index in [9.17, 15) is 19.7 Å². The van der Waals surface area contributed by atoms with Gasteiger partial charge in [-0.15, -0.1) is 11.8 Å². The Kier molecular flexibility index (Phi) is 7.57. The topological polar surface area (TPSA) is 111 Å². The number of ether oxygens (including phenoxy) is 2. The highest BCUT2D eigenvalue weighted by molar-refractivity contribution is 7.98. The molecule has 1 saturated heterocycles. The number of nitro benzene ring substituents is 1. The van der Waals surface area contributed by atoms with E-state index in [1.165, 1.54) is 20.3 Å². The van der Waals surface area contributed by atoms with Crippen LogP contribution in [-0.2, 0) is 16.0 Å².